The number of nitrogens with one attached hydrogen (secondary N) is 1. The van der Waals surface area contributed by atoms with E-state index in [4.69, 9.17) is 10.7 Å². The van der Waals surface area contributed by atoms with Gasteiger partial charge in [-0.25, -0.2) is 9.97 Å². The lowest BCUT2D eigenvalue weighted by Gasteiger charge is -2.25. The molecule has 1 atom stereocenters. The van der Waals surface area contributed by atoms with E-state index >= 15 is 0 Å². The van der Waals surface area contributed by atoms with Gasteiger partial charge in [-0.3, -0.25) is 9.78 Å². The maximum Gasteiger partial charge on any atom is 0.228 e. The molecule has 0 spiro atoms. The molecule has 1 saturated carbocycles. The number of aromatic nitrogens is 3. The van der Waals surface area contributed by atoms with Crippen molar-refractivity contribution in [3.05, 3.63) is 41.7 Å². The average Bonchev–Trinajstić information content (AvgIpc) is 3.62. The van der Waals surface area contributed by atoms with Gasteiger partial charge in [0.25, 0.3) is 0 Å². The third kappa shape index (κ3) is 4.06. The van der Waals surface area contributed by atoms with E-state index in [1.165, 1.54) is 36.2 Å². The van der Waals surface area contributed by atoms with Crippen molar-refractivity contribution < 1.29 is 4.79 Å². The van der Waals surface area contributed by atoms with Crippen LogP contribution >= 0.6 is 0 Å². The molecule has 7 nitrogen and oxygen atoms in total. The Balaban J connectivity index is 1.44. The lowest BCUT2D eigenvalue weighted by atomic mass is 9.99. The van der Waals surface area contributed by atoms with E-state index in [0.29, 0.717) is 11.6 Å². The minimum absolute atomic E-state index is 0.0534. The number of carbonyl (C=O) groups excluding carboxylic acids is 1. The summed E-state index contributed by atoms with van der Waals surface area (Å²) in [6, 6.07) is 8.28. The Hall–Kier alpha value is -3.06. The van der Waals surface area contributed by atoms with Crippen molar-refractivity contribution in [3.8, 4) is 11.4 Å². The fourth-order valence-corrected chi connectivity index (χ4v) is 5.21. The standard InChI is InChI=1S/C26H30N6O/c27-18-11-13-32(15-18)24-19-4-2-1-3-5-21(19)29-22-9-8-17(14-20(22)24)25-28-12-10-23(30-25)31-26(33)16-6-7-16/h8-10,12,14,16,18H,1-7,11,13,15,27H2,(H,28,30,31,33). The summed E-state index contributed by atoms with van der Waals surface area (Å²) in [7, 11) is 0. The molecule has 7 heteroatoms. The lowest BCUT2D eigenvalue weighted by molar-refractivity contribution is -0.117. The lowest BCUT2D eigenvalue weighted by Crippen LogP contribution is -2.27. The van der Waals surface area contributed by atoms with E-state index in [0.717, 1.165) is 61.7 Å². The van der Waals surface area contributed by atoms with Crippen LogP contribution in [0, 0.1) is 5.92 Å². The normalized spacial score (nSPS) is 20.5. The number of hydrogen-bond acceptors (Lipinski definition) is 6. The van der Waals surface area contributed by atoms with Crippen molar-refractivity contribution in [2.45, 2.75) is 57.4 Å². The molecule has 1 aliphatic heterocycles. The largest absolute Gasteiger partial charge is 0.369 e. The van der Waals surface area contributed by atoms with Gasteiger partial charge in [-0.05, 0) is 74.8 Å². The van der Waals surface area contributed by atoms with Crippen LogP contribution in [0.15, 0.2) is 30.5 Å². The van der Waals surface area contributed by atoms with Crippen molar-refractivity contribution >= 4 is 28.3 Å². The number of amides is 1. The molecule has 0 radical (unpaired) electrons. The molecule has 6 rings (SSSR count). The van der Waals surface area contributed by atoms with Gasteiger partial charge in [0, 0.05) is 47.9 Å². The van der Waals surface area contributed by atoms with Crippen LogP contribution in [0.1, 0.15) is 49.8 Å². The van der Waals surface area contributed by atoms with Gasteiger partial charge in [-0.2, -0.15) is 0 Å². The monoisotopic (exact) mass is 442 g/mol. The van der Waals surface area contributed by atoms with Crippen LogP contribution in [0.4, 0.5) is 11.5 Å². The zero-order valence-corrected chi connectivity index (χ0v) is 18.9. The minimum Gasteiger partial charge on any atom is -0.369 e. The van der Waals surface area contributed by atoms with Crippen LogP contribution in [-0.2, 0) is 17.6 Å². The Bertz CT molecular complexity index is 1220. The quantitative estimate of drug-likeness (QED) is 0.596. The molecule has 3 aromatic rings. The maximum absolute atomic E-state index is 12.2. The van der Waals surface area contributed by atoms with Gasteiger partial charge < -0.3 is 16.0 Å². The smallest absolute Gasteiger partial charge is 0.228 e. The van der Waals surface area contributed by atoms with Gasteiger partial charge in [-0.15, -0.1) is 0 Å². The highest BCUT2D eigenvalue weighted by Crippen LogP contribution is 2.38. The van der Waals surface area contributed by atoms with Gasteiger partial charge in [0.2, 0.25) is 5.91 Å². The van der Waals surface area contributed by atoms with Gasteiger partial charge in [0.15, 0.2) is 5.82 Å². The molecule has 1 aromatic carbocycles. The van der Waals surface area contributed by atoms with E-state index in [1.807, 2.05) is 6.07 Å². The first kappa shape index (κ1) is 20.5. The third-order valence-electron chi connectivity index (χ3n) is 7.14. The van der Waals surface area contributed by atoms with Crippen LogP contribution in [0.5, 0.6) is 0 Å². The predicted molar refractivity (Wildman–Crippen MR) is 130 cm³/mol. The van der Waals surface area contributed by atoms with Gasteiger partial charge in [-0.1, -0.05) is 6.42 Å². The number of anilines is 2. The Morgan fingerprint density at radius 1 is 1.06 bits per heavy atom. The van der Waals surface area contributed by atoms with Gasteiger partial charge >= 0.3 is 0 Å². The number of nitrogens with two attached hydrogens (primary N) is 1. The van der Waals surface area contributed by atoms with Crippen molar-refractivity contribution in [2.75, 3.05) is 23.3 Å². The van der Waals surface area contributed by atoms with Crippen molar-refractivity contribution in [2.24, 2.45) is 11.7 Å². The average molecular weight is 443 g/mol. The van der Waals surface area contributed by atoms with Crippen LogP contribution in [0.3, 0.4) is 0 Å². The Morgan fingerprint density at radius 2 is 1.94 bits per heavy atom. The summed E-state index contributed by atoms with van der Waals surface area (Å²) in [5.74, 6) is 1.37. The van der Waals surface area contributed by atoms with Gasteiger partial charge in [0.05, 0.1) is 11.2 Å². The Morgan fingerprint density at radius 3 is 2.76 bits per heavy atom. The van der Waals surface area contributed by atoms with Gasteiger partial charge in [0.1, 0.15) is 5.82 Å². The zero-order chi connectivity index (χ0) is 22.4. The number of rotatable bonds is 4. The number of fused-ring (bicyclic) bond motifs is 2. The number of carbonyl (C=O) groups is 1. The SMILES string of the molecule is NC1CCN(c2c3c(nc4ccc(-c5nccc(NC(=O)C6CC6)n5)cc24)CCCCC3)C1. The molecule has 1 saturated heterocycles. The molecule has 2 fully saturated rings. The van der Waals surface area contributed by atoms with Crippen molar-refractivity contribution in [1.82, 2.24) is 15.0 Å². The summed E-state index contributed by atoms with van der Waals surface area (Å²) >= 11 is 0. The highest BCUT2D eigenvalue weighted by atomic mass is 16.2. The second kappa shape index (κ2) is 8.37. The van der Waals surface area contributed by atoms with E-state index in [1.54, 1.807) is 12.3 Å². The summed E-state index contributed by atoms with van der Waals surface area (Å²) < 4.78 is 0. The highest BCUT2D eigenvalue weighted by Gasteiger charge is 2.30. The molecule has 1 unspecified atom stereocenters. The molecule has 2 aliphatic carbocycles. The fraction of sp³-hybridized carbons (Fsp3) is 0.462. The molecular formula is C26H30N6O. The molecule has 170 valence electrons. The van der Waals surface area contributed by atoms with Crippen molar-refractivity contribution in [3.63, 3.8) is 0 Å². The molecule has 0 bridgehead atoms. The molecule has 2 aromatic heterocycles. The van der Waals surface area contributed by atoms with Crippen molar-refractivity contribution in [1.29, 1.82) is 0 Å². The second-order valence-electron chi connectivity index (χ2n) is 9.70. The summed E-state index contributed by atoms with van der Waals surface area (Å²) in [5.41, 5.74) is 12.2. The zero-order valence-electron chi connectivity index (χ0n) is 18.9. The topological polar surface area (TPSA) is 97.0 Å². The Labute approximate surface area is 193 Å². The number of benzene rings is 1. The first-order valence-corrected chi connectivity index (χ1v) is 12.3. The molecule has 3 heterocycles. The predicted octanol–water partition coefficient (Wildman–Crippen LogP) is 3.85. The first-order chi connectivity index (χ1) is 16.2. The van der Waals surface area contributed by atoms with E-state index in [9.17, 15) is 4.79 Å². The number of pyridine rings is 1. The van der Waals surface area contributed by atoms with E-state index in [2.05, 4.69) is 32.3 Å². The first-order valence-electron chi connectivity index (χ1n) is 12.3. The summed E-state index contributed by atoms with van der Waals surface area (Å²) in [4.78, 5) is 28.9. The number of aryl methyl sites for hydroxylation is 1. The van der Waals surface area contributed by atoms with Crippen LogP contribution in [-0.4, -0.2) is 40.0 Å². The van der Waals surface area contributed by atoms with Crippen LogP contribution < -0.4 is 16.0 Å². The second-order valence-corrected chi connectivity index (χ2v) is 9.70. The fourth-order valence-electron chi connectivity index (χ4n) is 5.21. The van der Waals surface area contributed by atoms with E-state index in [-0.39, 0.29) is 17.9 Å². The number of nitrogens with zero attached hydrogens (tertiary/aromatic N) is 4. The van der Waals surface area contributed by atoms with Crippen LogP contribution in [0.25, 0.3) is 22.3 Å². The molecule has 1 amide bonds. The summed E-state index contributed by atoms with van der Waals surface area (Å²) in [6.45, 7) is 1.87. The molecule has 3 N–H and O–H groups in total. The third-order valence-corrected chi connectivity index (χ3v) is 7.14. The molecular weight excluding hydrogens is 412 g/mol. The van der Waals surface area contributed by atoms with E-state index < -0.39 is 0 Å². The van der Waals surface area contributed by atoms with Crippen LogP contribution in [0.2, 0.25) is 0 Å². The number of hydrogen-bond donors (Lipinski definition) is 2. The minimum atomic E-state index is 0.0534. The highest BCUT2D eigenvalue weighted by molar-refractivity contribution is 5.97. The molecule has 3 aliphatic rings. The summed E-state index contributed by atoms with van der Waals surface area (Å²) in [5, 5.41) is 4.09. The molecule has 33 heavy (non-hydrogen) atoms. The Kier molecular flexibility index (Phi) is 5.21. The summed E-state index contributed by atoms with van der Waals surface area (Å²) in [6.07, 6.45) is 10.4. The maximum atomic E-state index is 12.2.